The number of aromatic amines is 1. The van der Waals surface area contributed by atoms with Crippen LogP contribution in [-0.2, 0) is 0 Å². The molecule has 0 bridgehead atoms. The average molecular weight is 418 g/mol. The van der Waals surface area contributed by atoms with E-state index in [1.807, 2.05) is 13.0 Å². The second-order valence-electron chi connectivity index (χ2n) is 6.72. The zero-order chi connectivity index (χ0) is 20.4. The lowest BCUT2D eigenvalue weighted by atomic mass is 9.98. The quantitative estimate of drug-likeness (QED) is 0.366. The first kappa shape index (κ1) is 20.5. The van der Waals surface area contributed by atoms with Gasteiger partial charge in [0.05, 0.1) is 26.8 Å². The van der Waals surface area contributed by atoms with E-state index in [1.54, 1.807) is 18.4 Å². The van der Waals surface area contributed by atoms with Gasteiger partial charge in [0.2, 0.25) is 0 Å². The van der Waals surface area contributed by atoms with Crippen LogP contribution in [0.2, 0.25) is 5.02 Å². The fourth-order valence-electron chi connectivity index (χ4n) is 3.56. The molecule has 0 aromatic carbocycles. The lowest BCUT2D eigenvalue weighted by Crippen LogP contribution is -2.32. The number of halogens is 1. The molecule has 0 aliphatic carbocycles. The number of thiophene rings is 1. The van der Waals surface area contributed by atoms with Crippen LogP contribution in [0.15, 0.2) is 22.1 Å². The van der Waals surface area contributed by atoms with Crippen LogP contribution in [0.3, 0.4) is 0 Å². The van der Waals surface area contributed by atoms with Crippen molar-refractivity contribution in [3.63, 3.8) is 0 Å². The van der Waals surface area contributed by atoms with Gasteiger partial charge in [0.15, 0.2) is 11.5 Å². The lowest BCUT2D eigenvalue weighted by Gasteiger charge is -2.09. The number of H-pyrrole nitrogens is 1. The van der Waals surface area contributed by atoms with Crippen molar-refractivity contribution < 1.29 is 4.52 Å². The molecular formula is C20H26ClN6S+. The Labute approximate surface area is 174 Å². The number of nitrogens with one attached hydrogen (secondary N) is 1. The molecule has 0 radical (unpaired) electrons. The van der Waals surface area contributed by atoms with E-state index in [2.05, 4.69) is 46.4 Å². The van der Waals surface area contributed by atoms with Crippen LogP contribution in [0.1, 0.15) is 54.6 Å². The smallest absolute Gasteiger partial charge is 0.357 e. The molecule has 3 N–H and O–H groups in total. The second-order valence-corrected chi connectivity index (χ2v) is 8.18. The van der Waals surface area contributed by atoms with Gasteiger partial charge in [-0.3, -0.25) is 4.99 Å². The highest BCUT2D eigenvalue weighted by Gasteiger charge is 2.28. The third-order valence-electron chi connectivity index (χ3n) is 4.93. The summed E-state index contributed by atoms with van der Waals surface area (Å²) >= 11 is 8.17. The molecule has 0 saturated heterocycles. The molecular weight excluding hydrogens is 392 g/mol. The first-order chi connectivity index (χ1) is 13.4. The maximum Gasteiger partial charge on any atom is 0.357 e. The van der Waals surface area contributed by atoms with Crippen molar-refractivity contribution in [1.29, 1.82) is 0 Å². The highest BCUT2D eigenvalue weighted by Crippen LogP contribution is 2.39. The molecule has 148 valence electrons. The molecule has 0 fully saturated rings. The average Bonchev–Trinajstić information content (AvgIpc) is 3.19. The summed E-state index contributed by atoms with van der Waals surface area (Å²) in [5.74, 6) is 1.03. The van der Waals surface area contributed by atoms with E-state index in [1.165, 1.54) is 12.0 Å². The molecule has 0 aliphatic heterocycles. The molecule has 3 aromatic heterocycles. The standard InChI is InChI=1S/C20H25ClN6S/c1-6-13(7-2)15-8-11(3)25-20-17(12(4)26-27(15)20)18-14(21)9-16(28-18)19(23-5)24-10-22/h8-10,13H,6-7H2,1-5H3,(H2,22,23,24)/p+1. The second kappa shape index (κ2) is 8.41. The molecule has 3 heterocycles. The number of hydrogen-bond donors (Lipinski definition) is 2. The van der Waals surface area contributed by atoms with Gasteiger partial charge in [-0.2, -0.15) is 0 Å². The van der Waals surface area contributed by atoms with E-state index in [0.29, 0.717) is 16.8 Å². The number of aryl methyl sites for hydroxylation is 2. The van der Waals surface area contributed by atoms with Crippen molar-refractivity contribution in [3.8, 4) is 10.4 Å². The van der Waals surface area contributed by atoms with Gasteiger partial charge in [0.1, 0.15) is 11.3 Å². The molecule has 0 aliphatic rings. The summed E-state index contributed by atoms with van der Waals surface area (Å²) in [7, 11) is 1.69. The zero-order valence-corrected chi connectivity index (χ0v) is 18.4. The predicted octanol–water partition coefficient (Wildman–Crippen LogP) is 4.41. The van der Waals surface area contributed by atoms with Crippen molar-refractivity contribution in [2.24, 2.45) is 15.7 Å². The molecule has 0 atom stereocenters. The van der Waals surface area contributed by atoms with Gasteiger partial charge >= 0.3 is 5.65 Å². The van der Waals surface area contributed by atoms with Crippen molar-refractivity contribution >= 4 is 40.8 Å². The summed E-state index contributed by atoms with van der Waals surface area (Å²) in [6.07, 6.45) is 3.40. The van der Waals surface area contributed by atoms with Gasteiger partial charge in [-0.25, -0.2) is 10.1 Å². The van der Waals surface area contributed by atoms with E-state index in [4.69, 9.17) is 22.3 Å². The number of aromatic nitrogens is 3. The number of aliphatic imine (C=N–C) groups is 2. The number of nitrogens with zero attached hydrogens (tertiary/aromatic N) is 4. The normalized spacial score (nSPS) is 12.8. The molecule has 0 saturated carbocycles. The predicted molar refractivity (Wildman–Crippen MR) is 118 cm³/mol. The van der Waals surface area contributed by atoms with Gasteiger partial charge < -0.3 is 5.73 Å². The van der Waals surface area contributed by atoms with E-state index < -0.39 is 0 Å². The summed E-state index contributed by atoms with van der Waals surface area (Å²) in [6.45, 7) is 8.54. The minimum Gasteiger partial charge on any atom is -0.390 e. The van der Waals surface area contributed by atoms with Gasteiger partial charge in [-0.05, 0) is 30.8 Å². The van der Waals surface area contributed by atoms with Crippen LogP contribution in [-0.4, -0.2) is 29.3 Å². The highest BCUT2D eigenvalue weighted by atomic mass is 35.5. The van der Waals surface area contributed by atoms with Crippen molar-refractivity contribution in [2.45, 2.75) is 46.5 Å². The summed E-state index contributed by atoms with van der Waals surface area (Å²) in [6, 6.07) is 4.06. The van der Waals surface area contributed by atoms with Crippen LogP contribution < -0.4 is 10.2 Å². The van der Waals surface area contributed by atoms with Crippen molar-refractivity contribution in [2.75, 3.05) is 7.05 Å². The number of fused-ring (bicyclic) bond motifs is 1. The lowest BCUT2D eigenvalue weighted by molar-refractivity contribution is -0.590. The van der Waals surface area contributed by atoms with Crippen LogP contribution in [0.5, 0.6) is 0 Å². The third-order valence-corrected chi connectivity index (χ3v) is 6.49. The molecule has 8 heteroatoms. The summed E-state index contributed by atoms with van der Waals surface area (Å²) < 4.78 is 2.11. The molecule has 3 aromatic rings. The van der Waals surface area contributed by atoms with Crippen LogP contribution in [0, 0.1) is 13.8 Å². The first-order valence-electron chi connectivity index (χ1n) is 9.38. The van der Waals surface area contributed by atoms with E-state index in [-0.39, 0.29) is 0 Å². The maximum atomic E-state index is 6.63. The molecule has 0 amide bonds. The molecule has 6 nitrogen and oxygen atoms in total. The minimum atomic E-state index is 0.465. The summed E-state index contributed by atoms with van der Waals surface area (Å²) in [5.41, 5.74) is 10.6. The fourth-order valence-corrected chi connectivity index (χ4v) is 5.08. The van der Waals surface area contributed by atoms with Gasteiger partial charge in [-0.15, -0.1) is 15.9 Å². The molecule has 28 heavy (non-hydrogen) atoms. The number of amidine groups is 1. The van der Waals surface area contributed by atoms with Crippen molar-refractivity contribution in [1.82, 2.24) is 10.1 Å². The van der Waals surface area contributed by atoms with Crippen molar-refractivity contribution in [3.05, 3.63) is 39.1 Å². The minimum absolute atomic E-state index is 0.465. The molecule has 3 rings (SSSR count). The largest absolute Gasteiger partial charge is 0.390 e. The van der Waals surface area contributed by atoms with E-state index >= 15 is 0 Å². The maximum absolute atomic E-state index is 6.63. The number of hydrogen-bond acceptors (Lipinski definition) is 3. The Morgan fingerprint density at radius 1 is 1.36 bits per heavy atom. The van der Waals surface area contributed by atoms with Crippen LogP contribution in [0.25, 0.3) is 16.1 Å². The highest BCUT2D eigenvalue weighted by molar-refractivity contribution is 7.18. The van der Waals surface area contributed by atoms with Crippen LogP contribution >= 0.6 is 22.9 Å². The van der Waals surface area contributed by atoms with Gasteiger partial charge in [0, 0.05) is 26.0 Å². The summed E-state index contributed by atoms with van der Waals surface area (Å²) in [5, 5.41) is 4.16. The topological polar surface area (TPSA) is 83.5 Å². The summed E-state index contributed by atoms with van der Waals surface area (Å²) in [4.78, 5) is 15.0. The van der Waals surface area contributed by atoms with Gasteiger partial charge in [-0.1, -0.05) is 25.4 Å². The van der Waals surface area contributed by atoms with Gasteiger partial charge in [0.25, 0.3) is 0 Å². The third kappa shape index (κ3) is 3.56. The Bertz CT molecular complexity index is 1060. The zero-order valence-electron chi connectivity index (χ0n) is 16.9. The Morgan fingerprint density at radius 3 is 2.68 bits per heavy atom. The fraction of sp³-hybridized carbons (Fsp3) is 0.400. The van der Waals surface area contributed by atoms with E-state index in [9.17, 15) is 0 Å². The number of rotatable bonds is 5. The molecule has 0 unspecified atom stereocenters. The Hall–Kier alpha value is -2.25. The Kier molecular flexibility index (Phi) is 6.15. The Balaban J connectivity index is 2.25. The van der Waals surface area contributed by atoms with E-state index in [0.717, 1.165) is 45.2 Å². The Morgan fingerprint density at radius 2 is 2.07 bits per heavy atom. The first-order valence-corrected chi connectivity index (χ1v) is 10.6. The molecule has 0 spiro atoms. The monoisotopic (exact) mass is 417 g/mol. The van der Waals surface area contributed by atoms with Crippen LogP contribution in [0.4, 0.5) is 0 Å². The number of nitrogens with two attached hydrogens (primary N) is 1. The SMILES string of the molecule is CCC(CC)c1cc(C)nc2c(-c3sc(C(N=CN)=NC)cc3Cl)c(C)[nH][n+]12.